The maximum Gasteiger partial charge on any atom is 0.211 e. The molecule has 1 N–H and O–H groups in total. The van der Waals surface area contributed by atoms with Gasteiger partial charge in [-0.3, -0.25) is 0 Å². The van der Waals surface area contributed by atoms with E-state index in [-0.39, 0.29) is 22.8 Å². The van der Waals surface area contributed by atoms with Gasteiger partial charge in [-0.15, -0.1) is 0 Å². The van der Waals surface area contributed by atoms with Crippen LogP contribution in [0.3, 0.4) is 0 Å². The Morgan fingerprint density at radius 2 is 2.00 bits per heavy atom. The van der Waals surface area contributed by atoms with Crippen LogP contribution in [-0.4, -0.2) is 32.9 Å². The van der Waals surface area contributed by atoms with E-state index in [4.69, 9.17) is 10.00 Å². The summed E-state index contributed by atoms with van der Waals surface area (Å²) in [6, 6.07) is 1.93. The molecule has 0 radical (unpaired) electrons. The quantitative estimate of drug-likeness (QED) is 0.724. The molecule has 1 aliphatic rings. The highest BCUT2D eigenvalue weighted by Crippen LogP contribution is 2.51. The Bertz CT molecular complexity index is 453. The van der Waals surface area contributed by atoms with Gasteiger partial charge in [0.15, 0.2) is 0 Å². The second kappa shape index (κ2) is 5.78. The largest absolute Gasteiger partial charge is 0.378 e. The molecule has 0 aromatic rings. The van der Waals surface area contributed by atoms with Crippen LogP contribution in [0.5, 0.6) is 0 Å². The maximum absolute atomic E-state index is 11.9. The predicted octanol–water partition coefficient (Wildman–Crippen LogP) is 1.80. The highest BCUT2D eigenvalue weighted by atomic mass is 32.2. The monoisotopic (exact) mass is 288 g/mol. The SMILES string of the molecule is CO[C@@]1(C)C[C@H](NS(=O)(=O)CCCCC#N)C1(C)C. The molecule has 0 heterocycles. The van der Waals surface area contributed by atoms with Gasteiger partial charge in [0.2, 0.25) is 10.0 Å². The van der Waals surface area contributed by atoms with Crippen LogP contribution in [0.2, 0.25) is 0 Å². The van der Waals surface area contributed by atoms with Crippen LogP contribution in [-0.2, 0) is 14.8 Å². The van der Waals surface area contributed by atoms with Crippen molar-refractivity contribution in [1.82, 2.24) is 4.72 Å². The second-order valence-corrected chi connectivity index (χ2v) is 7.84. The molecular weight excluding hydrogens is 264 g/mol. The molecule has 0 aromatic carbocycles. The van der Waals surface area contributed by atoms with Crippen molar-refractivity contribution in [3.05, 3.63) is 0 Å². The maximum atomic E-state index is 11.9. The lowest BCUT2D eigenvalue weighted by Crippen LogP contribution is -2.68. The van der Waals surface area contributed by atoms with Crippen molar-refractivity contribution in [2.45, 2.75) is 58.1 Å². The number of ether oxygens (including phenoxy) is 1. The van der Waals surface area contributed by atoms with Gasteiger partial charge in [0.25, 0.3) is 0 Å². The Labute approximate surface area is 116 Å². The van der Waals surface area contributed by atoms with E-state index in [1.807, 2.05) is 26.8 Å². The van der Waals surface area contributed by atoms with E-state index >= 15 is 0 Å². The summed E-state index contributed by atoms with van der Waals surface area (Å²) >= 11 is 0. The molecule has 6 heteroatoms. The topological polar surface area (TPSA) is 79.2 Å². The number of methoxy groups -OCH3 is 1. The normalized spacial score (nSPS) is 29.5. The standard InChI is InChI=1S/C13H24N2O3S/c1-12(2)11(10-13(12,3)18-4)15-19(16,17)9-7-5-6-8-14/h11,15H,5-7,9-10H2,1-4H3/t11-,13-/m0/s1. The zero-order chi connectivity index (χ0) is 14.7. The highest BCUT2D eigenvalue weighted by molar-refractivity contribution is 7.89. The van der Waals surface area contributed by atoms with E-state index in [1.165, 1.54) is 0 Å². The van der Waals surface area contributed by atoms with Crippen molar-refractivity contribution in [2.24, 2.45) is 5.41 Å². The molecule has 5 nitrogen and oxygen atoms in total. The number of rotatable bonds is 7. The van der Waals surface area contributed by atoms with Crippen LogP contribution >= 0.6 is 0 Å². The molecule has 0 unspecified atom stereocenters. The Balaban J connectivity index is 2.51. The van der Waals surface area contributed by atoms with Gasteiger partial charge in [-0.1, -0.05) is 13.8 Å². The van der Waals surface area contributed by atoms with Crippen molar-refractivity contribution in [3.63, 3.8) is 0 Å². The minimum Gasteiger partial charge on any atom is -0.378 e. The van der Waals surface area contributed by atoms with Gasteiger partial charge in [0.1, 0.15) is 0 Å². The molecule has 0 bridgehead atoms. The van der Waals surface area contributed by atoms with Crippen molar-refractivity contribution >= 4 is 10.0 Å². The van der Waals surface area contributed by atoms with E-state index in [1.54, 1.807) is 7.11 Å². The first-order valence-corrected chi connectivity index (χ1v) is 8.26. The zero-order valence-electron chi connectivity index (χ0n) is 12.2. The van der Waals surface area contributed by atoms with Gasteiger partial charge >= 0.3 is 0 Å². The fraction of sp³-hybridized carbons (Fsp3) is 0.923. The van der Waals surface area contributed by atoms with Gasteiger partial charge in [-0.2, -0.15) is 5.26 Å². The Morgan fingerprint density at radius 1 is 1.37 bits per heavy atom. The summed E-state index contributed by atoms with van der Waals surface area (Å²) in [5, 5.41) is 8.41. The molecular formula is C13H24N2O3S. The van der Waals surface area contributed by atoms with Crippen molar-refractivity contribution < 1.29 is 13.2 Å². The van der Waals surface area contributed by atoms with E-state index < -0.39 is 10.0 Å². The van der Waals surface area contributed by atoms with Gasteiger partial charge in [0, 0.05) is 25.0 Å². The Hall–Kier alpha value is -0.640. The number of nitriles is 1. The summed E-state index contributed by atoms with van der Waals surface area (Å²) in [5.74, 6) is 0.0883. The van der Waals surface area contributed by atoms with Crippen LogP contribution in [0.15, 0.2) is 0 Å². The molecule has 1 aliphatic carbocycles. The van der Waals surface area contributed by atoms with Crippen LogP contribution in [0, 0.1) is 16.7 Å². The summed E-state index contributed by atoms with van der Waals surface area (Å²) in [4.78, 5) is 0. The molecule has 2 atom stereocenters. The molecule has 110 valence electrons. The average molecular weight is 288 g/mol. The minimum atomic E-state index is -3.27. The molecule has 0 aromatic heterocycles. The highest BCUT2D eigenvalue weighted by Gasteiger charge is 2.58. The summed E-state index contributed by atoms with van der Waals surface area (Å²) < 4.78 is 32.1. The lowest BCUT2D eigenvalue weighted by Gasteiger charge is -2.58. The van der Waals surface area contributed by atoms with Crippen LogP contribution in [0.1, 0.15) is 46.5 Å². The molecule has 19 heavy (non-hydrogen) atoms. The summed E-state index contributed by atoms with van der Waals surface area (Å²) in [5.41, 5.74) is -0.498. The molecule has 0 saturated heterocycles. The molecule has 1 rings (SSSR count). The van der Waals surface area contributed by atoms with E-state index in [0.717, 1.165) is 0 Å². The molecule has 1 saturated carbocycles. The molecule has 0 aliphatic heterocycles. The lowest BCUT2D eigenvalue weighted by molar-refractivity contribution is -0.175. The Kier molecular flexibility index (Phi) is 4.99. The minimum absolute atomic E-state index is 0.0848. The van der Waals surface area contributed by atoms with Crippen molar-refractivity contribution in [1.29, 1.82) is 5.26 Å². The first-order valence-electron chi connectivity index (χ1n) is 6.60. The molecule has 1 fully saturated rings. The number of sulfonamides is 1. The second-order valence-electron chi connectivity index (χ2n) is 5.97. The smallest absolute Gasteiger partial charge is 0.211 e. The fourth-order valence-electron chi connectivity index (χ4n) is 2.45. The number of nitrogens with zero attached hydrogens (tertiary/aromatic N) is 1. The average Bonchev–Trinajstić information content (AvgIpc) is 2.33. The zero-order valence-corrected chi connectivity index (χ0v) is 13.0. The first kappa shape index (κ1) is 16.4. The fourth-order valence-corrected chi connectivity index (χ4v) is 3.97. The van der Waals surface area contributed by atoms with Gasteiger partial charge in [0.05, 0.1) is 17.4 Å². The van der Waals surface area contributed by atoms with Gasteiger partial charge in [-0.05, 0) is 26.2 Å². The van der Waals surface area contributed by atoms with Crippen LogP contribution in [0.4, 0.5) is 0 Å². The molecule has 0 amide bonds. The number of nitrogens with one attached hydrogen (secondary N) is 1. The van der Waals surface area contributed by atoms with Crippen LogP contribution < -0.4 is 4.72 Å². The van der Waals surface area contributed by atoms with Crippen molar-refractivity contribution in [2.75, 3.05) is 12.9 Å². The van der Waals surface area contributed by atoms with Gasteiger partial charge < -0.3 is 4.74 Å². The molecule has 0 spiro atoms. The summed E-state index contributed by atoms with van der Waals surface area (Å²) in [6.07, 6.45) is 2.25. The van der Waals surface area contributed by atoms with Crippen LogP contribution in [0.25, 0.3) is 0 Å². The van der Waals surface area contributed by atoms with E-state index in [0.29, 0.717) is 25.7 Å². The third-order valence-electron chi connectivity index (χ3n) is 4.55. The third kappa shape index (κ3) is 3.47. The van der Waals surface area contributed by atoms with E-state index in [2.05, 4.69) is 4.72 Å². The number of hydrogen-bond acceptors (Lipinski definition) is 4. The first-order chi connectivity index (χ1) is 8.68. The Morgan fingerprint density at radius 3 is 2.47 bits per heavy atom. The third-order valence-corrected chi connectivity index (χ3v) is 6.02. The summed E-state index contributed by atoms with van der Waals surface area (Å²) in [7, 11) is -1.61. The van der Waals surface area contributed by atoms with Gasteiger partial charge in [-0.25, -0.2) is 13.1 Å². The van der Waals surface area contributed by atoms with E-state index in [9.17, 15) is 8.42 Å². The summed E-state index contributed by atoms with van der Waals surface area (Å²) in [6.45, 7) is 6.04. The van der Waals surface area contributed by atoms with Crippen molar-refractivity contribution in [3.8, 4) is 6.07 Å². The number of hydrogen-bond donors (Lipinski definition) is 1. The predicted molar refractivity (Wildman–Crippen MR) is 74.0 cm³/mol. The number of unbranched alkanes of at least 4 members (excludes halogenated alkanes) is 2. The lowest BCUT2D eigenvalue weighted by atomic mass is 9.56.